The van der Waals surface area contributed by atoms with Crippen LogP contribution in [0.5, 0.6) is 0 Å². The van der Waals surface area contributed by atoms with Crippen molar-refractivity contribution in [3.05, 3.63) is 17.7 Å². The molecule has 0 unspecified atom stereocenters. The molecule has 0 amide bonds. The van der Waals surface area contributed by atoms with Gasteiger partial charge >= 0.3 is 5.97 Å². The summed E-state index contributed by atoms with van der Waals surface area (Å²) in [5.74, 6) is -0.451. The monoisotopic (exact) mass is 198 g/mol. The van der Waals surface area contributed by atoms with Crippen LogP contribution in [0.15, 0.2) is 12.0 Å². The molecule has 0 fully saturated rings. The van der Waals surface area contributed by atoms with Gasteiger partial charge < -0.3 is 10.5 Å². The van der Waals surface area contributed by atoms with Gasteiger partial charge in [-0.25, -0.2) is 9.78 Å². The molecule has 0 saturated carbocycles. The third-order valence-electron chi connectivity index (χ3n) is 1.35. The van der Waals surface area contributed by atoms with Gasteiger partial charge in [0.2, 0.25) is 0 Å². The summed E-state index contributed by atoms with van der Waals surface area (Å²) in [5, 5.41) is 2.09. The number of ether oxygens (including phenoxy) is 1. The topological polar surface area (TPSA) is 65.2 Å². The lowest BCUT2D eigenvalue weighted by molar-refractivity contribution is -0.136. The van der Waals surface area contributed by atoms with E-state index in [1.807, 2.05) is 0 Å². The third kappa shape index (κ3) is 2.29. The molecule has 0 saturated heterocycles. The number of hydrogen-bond acceptors (Lipinski definition) is 5. The maximum absolute atomic E-state index is 11.2. The number of aromatic nitrogens is 1. The molecule has 1 heterocycles. The largest absolute Gasteiger partial charge is 0.462 e. The summed E-state index contributed by atoms with van der Waals surface area (Å²) in [6, 6.07) is 0. The molecule has 5 heteroatoms. The van der Waals surface area contributed by atoms with E-state index in [2.05, 4.69) is 11.6 Å². The summed E-state index contributed by atoms with van der Waals surface area (Å²) in [6.45, 7) is 5.64. The molecule has 13 heavy (non-hydrogen) atoms. The van der Waals surface area contributed by atoms with Crippen LogP contribution in [0.25, 0.3) is 5.57 Å². The highest BCUT2D eigenvalue weighted by atomic mass is 32.1. The molecule has 0 atom stereocenters. The maximum atomic E-state index is 11.2. The Balaban J connectivity index is 2.73. The lowest BCUT2D eigenvalue weighted by Gasteiger charge is -2.00. The average Bonchev–Trinajstić information content (AvgIpc) is 2.51. The standard InChI is InChI=1S/C8H10N2O2S/c1-3-12-7(11)5(2)6-4-13-8(9)10-6/h4H,2-3H2,1H3,(H2,9,10). The van der Waals surface area contributed by atoms with Crippen molar-refractivity contribution < 1.29 is 9.53 Å². The molecular formula is C8H10N2O2S. The normalized spacial score (nSPS) is 9.62. The number of anilines is 1. The Morgan fingerprint density at radius 1 is 1.85 bits per heavy atom. The van der Waals surface area contributed by atoms with Gasteiger partial charge in [-0.05, 0) is 6.92 Å². The molecule has 2 N–H and O–H groups in total. The molecule has 1 aromatic rings. The van der Waals surface area contributed by atoms with Crippen molar-refractivity contribution in [2.45, 2.75) is 6.92 Å². The Bertz CT molecular complexity index is 333. The first-order valence-electron chi connectivity index (χ1n) is 3.72. The second-order valence-corrected chi connectivity index (χ2v) is 3.16. The fraction of sp³-hybridized carbons (Fsp3) is 0.250. The number of thiazole rings is 1. The number of carbonyl (C=O) groups excluding carboxylic acids is 1. The van der Waals surface area contributed by atoms with Gasteiger partial charge in [0.1, 0.15) is 0 Å². The van der Waals surface area contributed by atoms with E-state index in [4.69, 9.17) is 10.5 Å². The summed E-state index contributed by atoms with van der Waals surface area (Å²) in [7, 11) is 0. The Labute approximate surface area is 80.0 Å². The molecule has 0 spiro atoms. The van der Waals surface area contributed by atoms with E-state index in [-0.39, 0.29) is 5.57 Å². The van der Waals surface area contributed by atoms with E-state index in [0.29, 0.717) is 17.4 Å². The van der Waals surface area contributed by atoms with Crippen molar-refractivity contribution >= 4 is 28.0 Å². The molecule has 0 bridgehead atoms. The van der Waals surface area contributed by atoms with Crippen LogP contribution in [0.1, 0.15) is 12.6 Å². The van der Waals surface area contributed by atoms with Crippen LogP contribution in [0.3, 0.4) is 0 Å². The molecule has 0 aliphatic rings. The zero-order valence-corrected chi connectivity index (χ0v) is 8.06. The summed E-state index contributed by atoms with van der Waals surface area (Å²) in [4.78, 5) is 15.1. The summed E-state index contributed by atoms with van der Waals surface area (Å²) >= 11 is 1.27. The minimum absolute atomic E-state index is 0.245. The van der Waals surface area contributed by atoms with Crippen molar-refractivity contribution in [1.82, 2.24) is 4.98 Å². The van der Waals surface area contributed by atoms with Gasteiger partial charge in [-0.3, -0.25) is 0 Å². The zero-order valence-electron chi connectivity index (χ0n) is 7.24. The van der Waals surface area contributed by atoms with Gasteiger partial charge in [-0.1, -0.05) is 6.58 Å². The summed E-state index contributed by atoms with van der Waals surface area (Å²) < 4.78 is 4.75. The molecule has 0 aromatic carbocycles. The van der Waals surface area contributed by atoms with Gasteiger partial charge in [0.25, 0.3) is 0 Å². The summed E-state index contributed by atoms with van der Waals surface area (Å²) in [6.07, 6.45) is 0. The van der Waals surface area contributed by atoms with Crippen molar-refractivity contribution in [3.63, 3.8) is 0 Å². The van der Waals surface area contributed by atoms with E-state index >= 15 is 0 Å². The van der Waals surface area contributed by atoms with Gasteiger partial charge in [-0.2, -0.15) is 0 Å². The predicted octanol–water partition coefficient (Wildman–Crippen LogP) is 1.30. The Morgan fingerprint density at radius 2 is 2.54 bits per heavy atom. The molecule has 1 aromatic heterocycles. The molecular weight excluding hydrogens is 188 g/mol. The second kappa shape index (κ2) is 4.04. The van der Waals surface area contributed by atoms with E-state index < -0.39 is 5.97 Å². The van der Waals surface area contributed by atoms with Gasteiger partial charge in [-0.15, -0.1) is 11.3 Å². The number of nitrogens with zero attached hydrogens (tertiary/aromatic N) is 1. The number of nitrogen functional groups attached to an aromatic ring is 1. The lowest BCUT2D eigenvalue weighted by atomic mass is 10.2. The Kier molecular flexibility index (Phi) is 3.02. The van der Waals surface area contributed by atoms with E-state index in [0.717, 1.165) is 0 Å². The van der Waals surface area contributed by atoms with Crippen LogP contribution in [0, 0.1) is 0 Å². The van der Waals surface area contributed by atoms with Crippen molar-refractivity contribution in [1.29, 1.82) is 0 Å². The van der Waals surface area contributed by atoms with Gasteiger partial charge in [0.05, 0.1) is 17.9 Å². The summed E-state index contributed by atoms with van der Waals surface area (Å²) in [5.41, 5.74) is 6.14. The Hall–Kier alpha value is -1.36. The molecule has 4 nitrogen and oxygen atoms in total. The van der Waals surface area contributed by atoms with Crippen molar-refractivity contribution in [2.75, 3.05) is 12.3 Å². The first-order chi connectivity index (χ1) is 6.15. The maximum Gasteiger partial charge on any atom is 0.339 e. The average molecular weight is 198 g/mol. The molecule has 0 radical (unpaired) electrons. The number of rotatable bonds is 3. The SMILES string of the molecule is C=C(C(=O)OCC)c1csc(N)n1. The van der Waals surface area contributed by atoms with Crippen LogP contribution in [-0.4, -0.2) is 17.6 Å². The van der Waals surface area contributed by atoms with Crippen LogP contribution >= 0.6 is 11.3 Å². The van der Waals surface area contributed by atoms with E-state index in [1.54, 1.807) is 12.3 Å². The van der Waals surface area contributed by atoms with E-state index in [1.165, 1.54) is 11.3 Å². The third-order valence-corrected chi connectivity index (χ3v) is 2.03. The molecule has 70 valence electrons. The number of hydrogen-bond donors (Lipinski definition) is 1. The van der Waals surface area contributed by atoms with E-state index in [9.17, 15) is 4.79 Å². The minimum Gasteiger partial charge on any atom is -0.462 e. The quantitative estimate of drug-likeness (QED) is 0.587. The highest BCUT2D eigenvalue weighted by Gasteiger charge is 2.12. The fourth-order valence-electron chi connectivity index (χ4n) is 0.749. The van der Waals surface area contributed by atoms with Gasteiger partial charge in [0.15, 0.2) is 5.13 Å². The minimum atomic E-state index is -0.451. The van der Waals surface area contributed by atoms with Gasteiger partial charge in [0, 0.05) is 5.38 Å². The molecule has 0 aliphatic carbocycles. The number of esters is 1. The smallest absolute Gasteiger partial charge is 0.339 e. The first kappa shape index (κ1) is 9.73. The van der Waals surface area contributed by atoms with Crippen LogP contribution in [0.4, 0.5) is 5.13 Å². The highest BCUT2D eigenvalue weighted by molar-refractivity contribution is 7.13. The van der Waals surface area contributed by atoms with Crippen molar-refractivity contribution in [3.8, 4) is 0 Å². The molecule has 1 rings (SSSR count). The second-order valence-electron chi connectivity index (χ2n) is 2.27. The predicted molar refractivity (Wildman–Crippen MR) is 52.2 cm³/mol. The highest BCUT2D eigenvalue weighted by Crippen LogP contribution is 2.18. The van der Waals surface area contributed by atoms with Crippen molar-refractivity contribution in [2.24, 2.45) is 0 Å². The Morgan fingerprint density at radius 3 is 3.00 bits per heavy atom. The molecule has 0 aliphatic heterocycles. The zero-order chi connectivity index (χ0) is 9.84. The fourth-order valence-corrected chi connectivity index (χ4v) is 1.33. The first-order valence-corrected chi connectivity index (χ1v) is 4.60. The number of nitrogens with two attached hydrogens (primary N) is 1. The number of carbonyl (C=O) groups is 1. The lowest BCUT2D eigenvalue weighted by Crippen LogP contribution is -2.06. The van der Waals surface area contributed by atoms with Crippen LogP contribution in [0.2, 0.25) is 0 Å². The van der Waals surface area contributed by atoms with Crippen LogP contribution in [-0.2, 0) is 9.53 Å². The van der Waals surface area contributed by atoms with Crippen LogP contribution < -0.4 is 5.73 Å².